The Morgan fingerprint density at radius 1 is 1.08 bits per heavy atom. The zero-order valence-corrected chi connectivity index (χ0v) is 14.9. The maximum atomic E-state index is 11.9. The second kappa shape index (κ2) is 7.76. The van der Waals surface area contributed by atoms with Crippen LogP contribution < -0.4 is 15.5 Å². The Bertz CT molecular complexity index is 793. The van der Waals surface area contributed by atoms with E-state index in [-0.39, 0.29) is 11.9 Å². The third-order valence-corrected chi connectivity index (χ3v) is 4.69. The first kappa shape index (κ1) is 17.6. The molecule has 2 N–H and O–H groups in total. The van der Waals surface area contributed by atoms with Crippen LogP contribution in [0.5, 0.6) is 0 Å². The van der Waals surface area contributed by atoms with Crippen LogP contribution in [0.1, 0.15) is 18.4 Å². The first-order chi connectivity index (χ1) is 12.0. The van der Waals surface area contributed by atoms with Gasteiger partial charge in [-0.2, -0.15) is 0 Å². The Hall–Kier alpha value is -2.24. The van der Waals surface area contributed by atoms with Gasteiger partial charge in [-0.25, -0.2) is 4.79 Å². The Kier molecular flexibility index (Phi) is 5.46. The Morgan fingerprint density at radius 2 is 1.84 bits per heavy atom. The summed E-state index contributed by atoms with van der Waals surface area (Å²) in [6.45, 7) is 1.14. The van der Waals surface area contributed by atoms with Crippen molar-refractivity contribution in [3.8, 4) is 0 Å². The highest BCUT2D eigenvalue weighted by atomic mass is 35.5. The van der Waals surface area contributed by atoms with Crippen molar-refractivity contribution in [2.24, 2.45) is 0 Å². The molecule has 0 aromatic heterocycles. The first-order valence-electron chi connectivity index (χ1n) is 7.92. The molecule has 1 saturated heterocycles. The molecule has 1 heterocycles. The van der Waals surface area contributed by atoms with Crippen molar-refractivity contribution in [1.82, 2.24) is 5.32 Å². The summed E-state index contributed by atoms with van der Waals surface area (Å²) in [5, 5.41) is 6.28. The molecular weight excluding hydrogens is 361 g/mol. The minimum Gasteiger partial charge on any atom is -0.334 e. The minimum atomic E-state index is -0.336. The van der Waals surface area contributed by atoms with E-state index < -0.39 is 0 Å². The number of amides is 3. The van der Waals surface area contributed by atoms with Crippen LogP contribution in [0, 0.1) is 0 Å². The molecule has 5 nitrogen and oxygen atoms in total. The molecule has 25 heavy (non-hydrogen) atoms. The lowest BCUT2D eigenvalue weighted by atomic mass is 10.2. The van der Waals surface area contributed by atoms with Crippen molar-refractivity contribution in [2.75, 3.05) is 16.8 Å². The van der Waals surface area contributed by atoms with E-state index >= 15 is 0 Å². The number of carbonyl (C=O) groups is 2. The van der Waals surface area contributed by atoms with Gasteiger partial charge in [0.25, 0.3) is 0 Å². The molecular formula is C18H17Cl2N3O2. The summed E-state index contributed by atoms with van der Waals surface area (Å²) < 4.78 is 0. The SMILES string of the molecule is O=C(NCc1ccc(N2CCCC2=O)cc1)Nc1ccc(Cl)c(Cl)c1. The summed E-state index contributed by atoms with van der Waals surface area (Å²) in [5.74, 6) is 0.159. The van der Waals surface area contributed by atoms with Crippen molar-refractivity contribution >= 4 is 46.5 Å². The van der Waals surface area contributed by atoms with Crippen LogP contribution in [0.2, 0.25) is 10.0 Å². The summed E-state index contributed by atoms with van der Waals surface area (Å²) in [6, 6.07) is 12.2. The molecule has 0 atom stereocenters. The maximum absolute atomic E-state index is 11.9. The number of hydrogen-bond acceptors (Lipinski definition) is 2. The van der Waals surface area contributed by atoms with Crippen molar-refractivity contribution < 1.29 is 9.59 Å². The highest BCUT2D eigenvalue weighted by molar-refractivity contribution is 6.42. The van der Waals surface area contributed by atoms with Crippen molar-refractivity contribution in [1.29, 1.82) is 0 Å². The normalized spacial score (nSPS) is 13.8. The van der Waals surface area contributed by atoms with Gasteiger partial charge in [-0.05, 0) is 42.3 Å². The molecule has 0 unspecified atom stereocenters. The molecule has 2 aromatic carbocycles. The number of hydrogen-bond donors (Lipinski definition) is 2. The predicted molar refractivity (Wildman–Crippen MR) is 100 cm³/mol. The van der Waals surface area contributed by atoms with E-state index in [4.69, 9.17) is 23.2 Å². The smallest absolute Gasteiger partial charge is 0.319 e. The number of rotatable bonds is 4. The average Bonchev–Trinajstić information content (AvgIpc) is 3.03. The van der Waals surface area contributed by atoms with Gasteiger partial charge in [0, 0.05) is 30.9 Å². The number of anilines is 2. The van der Waals surface area contributed by atoms with Crippen LogP contribution >= 0.6 is 23.2 Å². The third kappa shape index (κ3) is 4.44. The fourth-order valence-corrected chi connectivity index (χ4v) is 2.94. The van der Waals surface area contributed by atoms with Gasteiger partial charge in [-0.3, -0.25) is 4.79 Å². The van der Waals surface area contributed by atoms with Gasteiger partial charge < -0.3 is 15.5 Å². The highest BCUT2D eigenvalue weighted by Crippen LogP contribution is 2.25. The van der Waals surface area contributed by atoms with E-state index in [1.165, 1.54) is 0 Å². The lowest BCUT2D eigenvalue weighted by Crippen LogP contribution is -2.28. The minimum absolute atomic E-state index is 0.159. The summed E-state index contributed by atoms with van der Waals surface area (Å²) in [6.07, 6.45) is 1.51. The zero-order chi connectivity index (χ0) is 17.8. The molecule has 2 aromatic rings. The van der Waals surface area contributed by atoms with E-state index in [9.17, 15) is 9.59 Å². The van der Waals surface area contributed by atoms with Gasteiger partial charge in [0.15, 0.2) is 0 Å². The van der Waals surface area contributed by atoms with Crippen LogP contribution in [0.15, 0.2) is 42.5 Å². The van der Waals surface area contributed by atoms with Crippen LogP contribution in [0.25, 0.3) is 0 Å². The van der Waals surface area contributed by atoms with Crippen molar-refractivity contribution in [3.63, 3.8) is 0 Å². The molecule has 0 aliphatic carbocycles. The molecule has 3 amide bonds. The number of carbonyl (C=O) groups excluding carboxylic acids is 2. The van der Waals surface area contributed by atoms with Crippen molar-refractivity contribution in [3.05, 3.63) is 58.1 Å². The van der Waals surface area contributed by atoms with E-state index in [1.54, 1.807) is 23.1 Å². The quantitative estimate of drug-likeness (QED) is 0.826. The summed E-state index contributed by atoms with van der Waals surface area (Å²) >= 11 is 11.8. The topological polar surface area (TPSA) is 61.4 Å². The van der Waals surface area contributed by atoms with Gasteiger partial charge >= 0.3 is 6.03 Å². The molecule has 3 rings (SSSR count). The molecule has 0 bridgehead atoms. The standard InChI is InChI=1S/C18H17Cl2N3O2/c19-15-8-5-13(10-16(15)20)22-18(25)21-11-12-3-6-14(7-4-12)23-9-1-2-17(23)24/h3-8,10H,1-2,9,11H2,(H2,21,22,25). The average molecular weight is 378 g/mol. The Balaban J connectivity index is 1.53. The fourth-order valence-electron chi connectivity index (χ4n) is 2.65. The van der Waals surface area contributed by atoms with Gasteiger partial charge in [0.1, 0.15) is 0 Å². The Labute approximate surface area is 155 Å². The van der Waals surface area contributed by atoms with Gasteiger partial charge in [0.05, 0.1) is 10.0 Å². The monoisotopic (exact) mass is 377 g/mol. The lowest BCUT2D eigenvalue weighted by molar-refractivity contribution is -0.117. The molecule has 1 aliphatic heterocycles. The summed E-state index contributed by atoms with van der Waals surface area (Å²) in [4.78, 5) is 25.5. The Morgan fingerprint density at radius 3 is 2.48 bits per heavy atom. The molecule has 0 radical (unpaired) electrons. The van der Waals surface area contributed by atoms with E-state index in [1.807, 2.05) is 24.3 Å². The molecule has 0 saturated carbocycles. The van der Waals surface area contributed by atoms with E-state index in [0.29, 0.717) is 28.7 Å². The largest absolute Gasteiger partial charge is 0.334 e. The molecule has 1 fully saturated rings. The molecule has 130 valence electrons. The van der Waals surface area contributed by atoms with E-state index in [2.05, 4.69) is 10.6 Å². The van der Waals surface area contributed by atoms with Crippen LogP contribution in [-0.2, 0) is 11.3 Å². The molecule has 1 aliphatic rings. The summed E-state index contributed by atoms with van der Waals surface area (Å²) in [5.41, 5.74) is 2.40. The number of urea groups is 1. The maximum Gasteiger partial charge on any atom is 0.319 e. The van der Waals surface area contributed by atoms with Gasteiger partial charge in [-0.15, -0.1) is 0 Å². The zero-order valence-electron chi connectivity index (χ0n) is 13.4. The molecule has 0 spiro atoms. The number of benzene rings is 2. The second-order valence-corrected chi connectivity index (χ2v) is 6.57. The molecule has 7 heteroatoms. The number of nitrogens with zero attached hydrogens (tertiary/aromatic N) is 1. The van der Waals surface area contributed by atoms with Crippen molar-refractivity contribution in [2.45, 2.75) is 19.4 Å². The van der Waals surface area contributed by atoms with Crippen LogP contribution in [0.4, 0.5) is 16.2 Å². The first-order valence-corrected chi connectivity index (χ1v) is 8.68. The van der Waals surface area contributed by atoms with Gasteiger partial charge in [-0.1, -0.05) is 35.3 Å². The number of halogens is 2. The lowest BCUT2D eigenvalue weighted by Gasteiger charge is -2.16. The highest BCUT2D eigenvalue weighted by Gasteiger charge is 2.21. The summed E-state index contributed by atoms with van der Waals surface area (Å²) in [7, 11) is 0. The fraction of sp³-hybridized carbons (Fsp3) is 0.222. The van der Waals surface area contributed by atoms with E-state index in [0.717, 1.165) is 24.2 Å². The van der Waals surface area contributed by atoms with Crippen LogP contribution in [0.3, 0.4) is 0 Å². The van der Waals surface area contributed by atoms with Gasteiger partial charge in [0.2, 0.25) is 5.91 Å². The predicted octanol–water partition coefficient (Wildman–Crippen LogP) is 4.44. The van der Waals surface area contributed by atoms with Crippen LogP contribution in [-0.4, -0.2) is 18.5 Å². The number of nitrogens with one attached hydrogen (secondary N) is 2. The second-order valence-electron chi connectivity index (χ2n) is 5.75. The third-order valence-electron chi connectivity index (χ3n) is 3.95.